The Balaban J connectivity index is 1.54. The molecular formula is C32H30N2O5. The molecule has 0 N–H and O–H groups in total. The molecule has 3 aliphatic heterocycles. The first-order valence-electron chi connectivity index (χ1n) is 13.3. The van der Waals surface area contributed by atoms with Crippen LogP contribution in [0.4, 0.5) is 10.5 Å². The monoisotopic (exact) mass is 522 g/mol. The molecule has 3 aromatic rings. The van der Waals surface area contributed by atoms with Crippen LogP contribution in [0.2, 0.25) is 0 Å². The van der Waals surface area contributed by atoms with Crippen molar-refractivity contribution >= 4 is 23.7 Å². The Morgan fingerprint density at radius 1 is 0.949 bits per heavy atom. The molecular weight excluding hydrogens is 492 g/mol. The molecule has 0 fully saturated rings. The van der Waals surface area contributed by atoms with Gasteiger partial charge in [0.2, 0.25) is 0 Å². The van der Waals surface area contributed by atoms with Crippen molar-refractivity contribution in [2.24, 2.45) is 5.92 Å². The summed E-state index contributed by atoms with van der Waals surface area (Å²) in [6, 6.07) is 24.1. The van der Waals surface area contributed by atoms with Gasteiger partial charge in [-0.1, -0.05) is 72.8 Å². The maximum absolute atomic E-state index is 14.9. The molecule has 0 aromatic heterocycles. The van der Waals surface area contributed by atoms with Gasteiger partial charge in [0.15, 0.2) is 0 Å². The molecule has 3 heterocycles. The number of para-hydroxylation sites is 1. The highest BCUT2D eigenvalue weighted by atomic mass is 16.6. The molecule has 3 aromatic carbocycles. The van der Waals surface area contributed by atoms with Crippen LogP contribution in [-0.4, -0.2) is 36.0 Å². The maximum Gasteiger partial charge on any atom is 0.421 e. The number of hydrogen-bond donors (Lipinski definition) is 0. The van der Waals surface area contributed by atoms with Gasteiger partial charge in [0.05, 0.1) is 18.3 Å². The van der Waals surface area contributed by atoms with Crippen LogP contribution in [0.5, 0.6) is 0 Å². The van der Waals surface area contributed by atoms with E-state index in [1.165, 1.54) is 0 Å². The Bertz CT molecular complexity index is 1480. The predicted molar refractivity (Wildman–Crippen MR) is 146 cm³/mol. The lowest BCUT2D eigenvalue weighted by Gasteiger charge is -2.52. The molecule has 2 amide bonds. The Kier molecular flexibility index (Phi) is 6.22. The van der Waals surface area contributed by atoms with Gasteiger partial charge in [-0.2, -0.15) is 0 Å². The van der Waals surface area contributed by atoms with Crippen LogP contribution in [0.3, 0.4) is 0 Å². The lowest BCUT2D eigenvalue weighted by atomic mass is 9.59. The van der Waals surface area contributed by atoms with Crippen LogP contribution in [0.25, 0.3) is 0 Å². The van der Waals surface area contributed by atoms with E-state index < -0.39 is 35.3 Å². The zero-order valence-electron chi connectivity index (χ0n) is 22.0. The first-order valence-corrected chi connectivity index (χ1v) is 13.3. The van der Waals surface area contributed by atoms with Gasteiger partial charge >= 0.3 is 12.1 Å². The number of esters is 1. The summed E-state index contributed by atoms with van der Waals surface area (Å²) in [6.07, 6.45) is 2.04. The largest absolute Gasteiger partial charge is 0.465 e. The van der Waals surface area contributed by atoms with Crippen LogP contribution >= 0.6 is 0 Å². The summed E-state index contributed by atoms with van der Waals surface area (Å²) in [7, 11) is 0. The van der Waals surface area contributed by atoms with Crippen LogP contribution in [-0.2, 0) is 37.5 Å². The molecule has 0 aliphatic carbocycles. The van der Waals surface area contributed by atoms with E-state index in [2.05, 4.69) is 11.0 Å². The SMILES string of the molecule is CCOC(=O)[C@@H]1C(C)=CN2CCc3ccccc3[C@@H]2[C@]12C(=O)N(C(=O)OCc1ccccc1)c1ccccc12. The zero-order valence-corrected chi connectivity index (χ0v) is 22.0. The smallest absolute Gasteiger partial charge is 0.421 e. The highest BCUT2D eigenvalue weighted by Crippen LogP contribution is 2.60. The predicted octanol–water partition coefficient (Wildman–Crippen LogP) is 5.30. The Labute approximate surface area is 227 Å². The Hall–Kier alpha value is -4.39. The third-order valence-electron chi connectivity index (χ3n) is 8.09. The molecule has 0 saturated heterocycles. The number of amides is 2. The fraction of sp³-hybridized carbons (Fsp3) is 0.281. The van der Waals surface area contributed by atoms with Crippen molar-refractivity contribution in [3.05, 3.63) is 113 Å². The van der Waals surface area contributed by atoms with E-state index in [0.29, 0.717) is 17.8 Å². The number of anilines is 1. The summed E-state index contributed by atoms with van der Waals surface area (Å²) in [5.41, 5.74) is 3.30. The van der Waals surface area contributed by atoms with Crippen molar-refractivity contribution in [1.29, 1.82) is 0 Å². The summed E-state index contributed by atoms with van der Waals surface area (Å²) in [4.78, 5) is 45.5. The van der Waals surface area contributed by atoms with Crippen LogP contribution < -0.4 is 4.90 Å². The summed E-state index contributed by atoms with van der Waals surface area (Å²) in [5.74, 6) is -1.86. The molecule has 0 unspecified atom stereocenters. The van der Waals surface area contributed by atoms with E-state index in [1.807, 2.05) is 73.8 Å². The second kappa shape index (κ2) is 9.73. The number of carbonyl (C=O) groups is 3. The Morgan fingerprint density at radius 3 is 2.46 bits per heavy atom. The number of benzene rings is 3. The highest BCUT2D eigenvalue weighted by Gasteiger charge is 2.67. The maximum atomic E-state index is 14.9. The van der Waals surface area contributed by atoms with Crippen molar-refractivity contribution in [2.75, 3.05) is 18.1 Å². The molecule has 198 valence electrons. The normalized spacial score (nSPS) is 23.0. The average Bonchev–Trinajstić information content (AvgIpc) is 3.20. The average molecular weight is 523 g/mol. The standard InChI is InChI=1S/C32H30N2O5/c1-3-38-29(35)27-21(2)19-33-18-17-23-13-7-8-14-24(23)28(33)32(27)25-15-9-10-16-26(25)34(30(32)36)31(37)39-20-22-11-5-4-6-12-22/h4-16,19,27-28H,3,17-18,20H2,1-2H3/t27-,28+,32+/m0/s1. The summed E-state index contributed by atoms with van der Waals surface area (Å²) in [5, 5.41) is 0. The van der Waals surface area contributed by atoms with Gasteiger partial charge in [-0.3, -0.25) is 9.59 Å². The van der Waals surface area contributed by atoms with Gasteiger partial charge in [0.1, 0.15) is 17.9 Å². The number of ether oxygens (including phenoxy) is 2. The van der Waals surface area contributed by atoms with E-state index in [0.717, 1.165) is 33.6 Å². The van der Waals surface area contributed by atoms with Gasteiger partial charge in [0.25, 0.3) is 5.91 Å². The lowest BCUT2D eigenvalue weighted by Crippen LogP contribution is -2.60. The first-order chi connectivity index (χ1) is 19.0. The summed E-state index contributed by atoms with van der Waals surface area (Å²) < 4.78 is 11.3. The molecule has 0 bridgehead atoms. The molecule has 7 heteroatoms. The minimum Gasteiger partial charge on any atom is -0.465 e. The molecule has 1 spiro atoms. The fourth-order valence-electron chi connectivity index (χ4n) is 6.62. The van der Waals surface area contributed by atoms with Crippen molar-refractivity contribution in [3.8, 4) is 0 Å². The quantitative estimate of drug-likeness (QED) is 0.433. The number of nitrogens with zero attached hydrogens (tertiary/aromatic N) is 2. The molecule has 3 atom stereocenters. The Morgan fingerprint density at radius 2 is 1.67 bits per heavy atom. The van der Waals surface area contributed by atoms with Crippen molar-refractivity contribution < 1.29 is 23.9 Å². The number of hydrogen-bond acceptors (Lipinski definition) is 6. The van der Waals surface area contributed by atoms with E-state index >= 15 is 0 Å². The van der Waals surface area contributed by atoms with Crippen LogP contribution in [0.15, 0.2) is 90.6 Å². The van der Waals surface area contributed by atoms with Crippen LogP contribution in [0, 0.1) is 5.92 Å². The summed E-state index contributed by atoms with van der Waals surface area (Å²) in [6.45, 7) is 4.52. The molecule has 39 heavy (non-hydrogen) atoms. The van der Waals surface area contributed by atoms with Crippen LogP contribution in [0.1, 0.15) is 42.1 Å². The van der Waals surface area contributed by atoms with Crippen molar-refractivity contribution in [3.63, 3.8) is 0 Å². The fourth-order valence-corrected chi connectivity index (χ4v) is 6.62. The highest BCUT2D eigenvalue weighted by molar-refractivity contribution is 6.23. The van der Waals surface area contributed by atoms with Gasteiger partial charge in [-0.25, -0.2) is 9.69 Å². The zero-order chi connectivity index (χ0) is 27.1. The molecule has 0 saturated carbocycles. The van der Waals surface area contributed by atoms with Gasteiger partial charge in [0, 0.05) is 6.54 Å². The lowest BCUT2D eigenvalue weighted by molar-refractivity contribution is -0.154. The number of fused-ring (bicyclic) bond motifs is 6. The number of imide groups is 1. The topological polar surface area (TPSA) is 76.2 Å². The van der Waals surface area contributed by atoms with Gasteiger partial charge in [-0.15, -0.1) is 0 Å². The first kappa shape index (κ1) is 24.9. The second-order valence-electron chi connectivity index (χ2n) is 10.2. The molecule has 3 aliphatic rings. The van der Waals surface area contributed by atoms with E-state index in [4.69, 9.17) is 9.47 Å². The number of carbonyl (C=O) groups excluding carboxylic acids is 3. The third-order valence-corrected chi connectivity index (χ3v) is 8.09. The number of rotatable bonds is 4. The van der Waals surface area contributed by atoms with Gasteiger partial charge < -0.3 is 14.4 Å². The van der Waals surface area contributed by atoms with E-state index in [1.54, 1.807) is 19.1 Å². The van der Waals surface area contributed by atoms with Crippen molar-refractivity contribution in [2.45, 2.75) is 38.3 Å². The third kappa shape index (κ3) is 3.75. The summed E-state index contributed by atoms with van der Waals surface area (Å²) >= 11 is 0. The molecule has 0 radical (unpaired) electrons. The minimum atomic E-state index is -1.41. The van der Waals surface area contributed by atoms with Gasteiger partial charge in [-0.05, 0) is 60.4 Å². The molecule has 6 rings (SSSR count). The second-order valence-corrected chi connectivity index (χ2v) is 10.2. The molecule has 7 nitrogen and oxygen atoms in total. The van der Waals surface area contributed by atoms with E-state index in [-0.39, 0.29) is 13.2 Å². The minimum absolute atomic E-state index is 0.0250. The van der Waals surface area contributed by atoms with E-state index in [9.17, 15) is 14.4 Å². The van der Waals surface area contributed by atoms with Crippen molar-refractivity contribution in [1.82, 2.24) is 4.90 Å².